The van der Waals surface area contributed by atoms with E-state index in [9.17, 15) is 8.42 Å². The summed E-state index contributed by atoms with van der Waals surface area (Å²) in [7, 11) is -3.47. The van der Waals surface area contributed by atoms with Crippen LogP contribution < -0.4 is 4.72 Å². The minimum atomic E-state index is -3.47. The van der Waals surface area contributed by atoms with Crippen molar-refractivity contribution in [1.82, 2.24) is 23.4 Å². The summed E-state index contributed by atoms with van der Waals surface area (Å²) in [5.74, 6) is 0.577. The summed E-state index contributed by atoms with van der Waals surface area (Å²) in [4.78, 5) is 8.59. The van der Waals surface area contributed by atoms with Gasteiger partial charge in [-0.25, -0.2) is 9.97 Å². The van der Waals surface area contributed by atoms with Gasteiger partial charge in [0.05, 0.1) is 11.7 Å². The minimum Gasteiger partial charge on any atom is -0.291 e. The molecule has 0 radical (unpaired) electrons. The van der Waals surface area contributed by atoms with E-state index in [4.69, 9.17) is 0 Å². The lowest BCUT2D eigenvalue weighted by molar-refractivity contribution is 0.338. The molecule has 1 aliphatic rings. The Balaban J connectivity index is 1.81. The summed E-state index contributed by atoms with van der Waals surface area (Å²) in [5.41, 5.74) is 0.696. The summed E-state index contributed by atoms with van der Waals surface area (Å²) in [6.45, 7) is 3.14. The van der Waals surface area contributed by atoms with Crippen molar-refractivity contribution in [3.8, 4) is 0 Å². The number of nitrogens with zero attached hydrogens (tertiary/aromatic N) is 4. The largest absolute Gasteiger partial charge is 0.291 e. The molecule has 0 bridgehead atoms. The van der Waals surface area contributed by atoms with Gasteiger partial charge in [-0.05, 0) is 25.3 Å². The number of rotatable bonds is 5. The van der Waals surface area contributed by atoms with Gasteiger partial charge in [-0.1, -0.05) is 13.3 Å². The van der Waals surface area contributed by atoms with Crippen molar-refractivity contribution >= 4 is 16.0 Å². The highest BCUT2D eigenvalue weighted by atomic mass is 32.2. The molecule has 0 saturated carbocycles. The predicted octanol–water partition coefficient (Wildman–Crippen LogP) is 1.50. The van der Waals surface area contributed by atoms with Crippen LogP contribution in [0.1, 0.15) is 44.3 Å². The van der Waals surface area contributed by atoms with Gasteiger partial charge in [-0.3, -0.25) is 4.40 Å². The van der Waals surface area contributed by atoms with E-state index in [1.807, 2.05) is 25.4 Å². The Morgan fingerprint density at radius 1 is 1.32 bits per heavy atom. The van der Waals surface area contributed by atoms with Gasteiger partial charge in [-0.2, -0.15) is 17.4 Å². The van der Waals surface area contributed by atoms with E-state index < -0.39 is 10.2 Å². The molecule has 8 heteroatoms. The van der Waals surface area contributed by atoms with Gasteiger partial charge >= 0.3 is 0 Å². The van der Waals surface area contributed by atoms with Crippen LogP contribution in [-0.2, 0) is 10.2 Å². The molecule has 7 nitrogen and oxygen atoms in total. The van der Waals surface area contributed by atoms with E-state index >= 15 is 0 Å². The fourth-order valence-corrected chi connectivity index (χ4v) is 4.26. The third-order valence-corrected chi connectivity index (χ3v) is 5.59. The van der Waals surface area contributed by atoms with Gasteiger partial charge in [0.1, 0.15) is 0 Å². The fourth-order valence-electron chi connectivity index (χ4n) is 2.73. The summed E-state index contributed by atoms with van der Waals surface area (Å²) < 4.78 is 31.1. The lowest BCUT2D eigenvalue weighted by Gasteiger charge is -2.27. The van der Waals surface area contributed by atoms with Crippen molar-refractivity contribution in [3.05, 3.63) is 30.4 Å². The van der Waals surface area contributed by atoms with Crippen LogP contribution in [0.25, 0.3) is 5.78 Å². The van der Waals surface area contributed by atoms with Crippen LogP contribution in [-0.4, -0.2) is 40.2 Å². The van der Waals surface area contributed by atoms with Crippen molar-refractivity contribution in [1.29, 1.82) is 0 Å². The van der Waals surface area contributed by atoms with Crippen LogP contribution in [0.5, 0.6) is 0 Å². The summed E-state index contributed by atoms with van der Waals surface area (Å²) in [6.07, 6.45) is 8.94. The first-order valence-corrected chi connectivity index (χ1v) is 9.11. The summed E-state index contributed by atoms with van der Waals surface area (Å²) in [6, 6.07) is 1.48. The molecule has 22 heavy (non-hydrogen) atoms. The number of hydrogen-bond acceptors (Lipinski definition) is 4. The highest BCUT2D eigenvalue weighted by molar-refractivity contribution is 7.87. The molecule has 2 aromatic heterocycles. The third-order valence-electron chi connectivity index (χ3n) is 3.97. The van der Waals surface area contributed by atoms with Gasteiger partial charge in [0.15, 0.2) is 0 Å². The second-order valence-corrected chi connectivity index (χ2v) is 7.24. The molecule has 1 aliphatic heterocycles. The van der Waals surface area contributed by atoms with Crippen LogP contribution in [0.15, 0.2) is 24.7 Å². The van der Waals surface area contributed by atoms with Gasteiger partial charge in [0.2, 0.25) is 5.78 Å². The highest BCUT2D eigenvalue weighted by Crippen LogP contribution is 2.19. The smallest absolute Gasteiger partial charge is 0.280 e. The van der Waals surface area contributed by atoms with Crippen LogP contribution in [0.3, 0.4) is 0 Å². The van der Waals surface area contributed by atoms with Gasteiger partial charge in [-0.15, -0.1) is 0 Å². The molecule has 0 amide bonds. The Kier molecular flexibility index (Phi) is 4.42. The first kappa shape index (κ1) is 15.4. The van der Waals surface area contributed by atoms with Crippen LogP contribution in [0.4, 0.5) is 0 Å². The molecular formula is C14H21N5O2S. The van der Waals surface area contributed by atoms with E-state index in [1.54, 1.807) is 10.6 Å². The fraction of sp³-hybridized carbons (Fsp3) is 0.571. The van der Waals surface area contributed by atoms with Crippen molar-refractivity contribution < 1.29 is 8.42 Å². The number of nitrogens with one attached hydrogen (secondary N) is 1. The molecule has 3 heterocycles. The van der Waals surface area contributed by atoms with Gasteiger partial charge in [0.25, 0.3) is 10.2 Å². The Morgan fingerprint density at radius 2 is 2.09 bits per heavy atom. The summed E-state index contributed by atoms with van der Waals surface area (Å²) >= 11 is 0. The van der Waals surface area contributed by atoms with E-state index in [1.165, 1.54) is 4.31 Å². The monoisotopic (exact) mass is 323 g/mol. The lowest BCUT2D eigenvalue weighted by atomic mass is 10.2. The molecule has 1 saturated heterocycles. The molecule has 1 fully saturated rings. The van der Waals surface area contributed by atoms with Gasteiger partial charge < -0.3 is 0 Å². The second-order valence-electron chi connectivity index (χ2n) is 5.54. The minimum absolute atomic E-state index is 0.339. The molecule has 0 aromatic carbocycles. The maximum absolute atomic E-state index is 12.5. The zero-order valence-corrected chi connectivity index (χ0v) is 13.5. The van der Waals surface area contributed by atoms with E-state index in [-0.39, 0.29) is 6.04 Å². The van der Waals surface area contributed by atoms with Gasteiger partial charge in [0, 0.05) is 31.7 Å². The maximum atomic E-state index is 12.5. The molecule has 2 aromatic rings. The lowest BCUT2D eigenvalue weighted by Crippen LogP contribution is -2.44. The Hall–Kier alpha value is -1.51. The van der Waals surface area contributed by atoms with Crippen LogP contribution >= 0.6 is 0 Å². The zero-order valence-electron chi connectivity index (χ0n) is 12.6. The molecule has 0 spiro atoms. The van der Waals surface area contributed by atoms with Crippen molar-refractivity contribution in [2.75, 3.05) is 13.1 Å². The Bertz CT molecular complexity index is 704. The predicted molar refractivity (Wildman–Crippen MR) is 83.5 cm³/mol. The zero-order chi connectivity index (χ0) is 15.6. The van der Waals surface area contributed by atoms with E-state index in [2.05, 4.69) is 14.7 Å². The highest BCUT2D eigenvalue weighted by Gasteiger charge is 2.27. The molecule has 1 N–H and O–H groups in total. The Labute approximate surface area is 130 Å². The molecule has 1 atom stereocenters. The molecule has 0 aliphatic carbocycles. The van der Waals surface area contributed by atoms with Crippen LogP contribution in [0.2, 0.25) is 0 Å². The average Bonchev–Trinajstić information content (AvgIpc) is 2.97. The number of aromatic nitrogens is 3. The van der Waals surface area contributed by atoms with Crippen molar-refractivity contribution in [2.45, 2.75) is 38.6 Å². The molecule has 0 unspecified atom stereocenters. The van der Waals surface area contributed by atoms with Crippen LogP contribution in [0, 0.1) is 0 Å². The molecular weight excluding hydrogens is 302 g/mol. The number of hydrogen-bond donors (Lipinski definition) is 1. The Morgan fingerprint density at radius 3 is 2.77 bits per heavy atom. The van der Waals surface area contributed by atoms with E-state index in [0.717, 1.165) is 19.3 Å². The molecule has 3 rings (SSSR count). The number of imidazole rings is 1. The SMILES string of the molecule is CC[C@H](NS(=O)(=O)N1CCCCC1)c1cn2cccnc2n1. The first-order chi connectivity index (χ1) is 10.6. The number of fused-ring (bicyclic) bond motifs is 1. The quantitative estimate of drug-likeness (QED) is 0.904. The van der Waals surface area contributed by atoms with Crippen molar-refractivity contribution in [2.24, 2.45) is 0 Å². The third kappa shape index (κ3) is 3.13. The van der Waals surface area contributed by atoms with Crippen molar-refractivity contribution in [3.63, 3.8) is 0 Å². The summed E-state index contributed by atoms with van der Waals surface area (Å²) in [5, 5.41) is 0. The first-order valence-electron chi connectivity index (χ1n) is 7.67. The number of piperidine rings is 1. The average molecular weight is 323 g/mol. The van der Waals surface area contributed by atoms with E-state index in [0.29, 0.717) is 31.0 Å². The molecule has 120 valence electrons. The standard InChI is InChI=1S/C14H21N5O2S/c1-2-12(13-11-18-8-6-7-15-14(18)16-13)17-22(20,21)19-9-4-3-5-10-19/h6-8,11-12,17H,2-5,9-10H2,1H3/t12-/m0/s1. The normalized spacial score (nSPS) is 18.6. The second kappa shape index (κ2) is 6.31. The topological polar surface area (TPSA) is 79.6 Å². The maximum Gasteiger partial charge on any atom is 0.280 e.